The van der Waals surface area contributed by atoms with Crippen molar-refractivity contribution in [2.24, 2.45) is 0 Å². The van der Waals surface area contributed by atoms with Gasteiger partial charge in [0.25, 0.3) is 11.8 Å². The maximum absolute atomic E-state index is 12.1. The summed E-state index contributed by atoms with van der Waals surface area (Å²) in [6, 6.07) is 17.6. The molecule has 0 bridgehead atoms. The van der Waals surface area contributed by atoms with Crippen molar-refractivity contribution in [3.05, 3.63) is 89.9 Å². The smallest absolute Gasteiger partial charge is 0.258 e. The number of hydrogen-bond acceptors (Lipinski definition) is 4. The molecule has 0 fully saturated rings. The van der Waals surface area contributed by atoms with Crippen LogP contribution < -0.4 is 10.8 Å². The molecule has 2 aromatic carbocycles. The second-order valence-corrected chi connectivity index (χ2v) is 5.41. The Bertz CT molecular complexity index is 843. The fraction of sp³-hybridized carbons (Fsp3) is 0.0526. The first-order chi connectivity index (χ1) is 12.2. The van der Waals surface area contributed by atoms with E-state index in [1.54, 1.807) is 35.8 Å². The first-order valence-electron chi connectivity index (χ1n) is 7.61. The van der Waals surface area contributed by atoms with Gasteiger partial charge in [-0.2, -0.15) is 0 Å². The zero-order chi connectivity index (χ0) is 17.6. The van der Waals surface area contributed by atoms with Crippen molar-refractivity contribution in [3.63, 3.8) is 0 Å². The lowest BCUT2D eigenvalue weighted by Crippen LogP contribution is -2.27. The topological polar surface area (TPSA) is 91.6 Å². The van der Waals surface area contributed by atoms with E-state index in [1.807, 2.05) is 30.3 Å². The standard InChI is InChI=1S/C19H16N2O4/c22-18(15-10-11-25-12-15)20-16-8-6-14(7-9-16)17(19(23)21-24)13-4-2-1-3-5-13/h1-12,17,24H,(H,20,22)(H,21,23). The molecule has 0 aliphatic heterocycles. The number of amides is 2. The highest BCUT2D eigenvalue weighted by molar-refractivity contribution is 6.04. The van der Waals surface area contributed by atoms with Gasteiger partial charge in [-0.05, 0) is 29.3 Å². The average molecular weight is 336 g/mol. The highest BCUT2D eigenvalue weighted by atomic mass is 16.5. The Morgan fingerprint density at radius 3 is 2.20 bits per heavy atom. The Labute approximate surface area is 144 Å². The number of hydrogen-bond donors (Lipinski definition) is 3. The monoisotopic (exact) mass is 336 g/mol. The quantitative estimate of drug-likeness (QED) is 0.493. The summed E-state index contributed by atoms with van der Waals surface area (Å²) in [5.41, 5.74) is 4.17. The molecule has 1 unspecified atom stereocenters. The van der Waals surface area contributed by atoms with Crippen LogP contribution in [-0.4, -0.2) is 17.0 Å². The van der Waals surface area contributed by atoms with Crippen LogP contribution in [0.5, 0.6) is 0 Å². The molecule has 25 heavy (non-hydrogen) atoms. The van der Waals surface area contributed by atoms with Crippen LogP contribution in [0.4, 0.5) is 5.69 Å². The molecule has 0 aliphatic carbocycles. The van der Waals surface area contributed by atoms with E-state index in [0.717, 1.165) is 5.56 Å². The summed E-state index contributed by atoms with van der Waals surface area (Å²) in [5, 5.41) is 11.8. The van der Waals surface area contributed by atoms with Gasteiger partial charge in [-0.25, -0.2) is 5.48 Å². The van der Waals surface area contributed by atoms with Gasteiger partial charge in [0.15, 0.2) is 0 Å². The van der Waals surface area contributed by atoms with Crippen molar-refractivity contribution in [3.8, 4) is 0 Å². The molecule has 2 amide bonds. The number of hydroxylamine groups is 1. The van der Waals surface area contributed by atoms with Gasteiger partial charge in [0.1, 0.15) is 6.26 Å². The molecular formula is C19H16N2O4. The fourth-order valence-electron chi connectivity index (χ4n) is 2.56. The maximum Gasteiger partial charge on any atom is 0.258 e. The minimum atomic E-state index is -0.648. The Balaban J connectivity index is 1.82. The van der Waals surface area contributed by atoms with Crippen molar-refractivity contribution in [1.82, 2.24) is 5.48 Å². The van der Waals surface area contributed by atoms with Crippen molar-refractivity contribution in [2.75, 3.05) is 5.32 Å². The Morgan fingerprint density at radius 1 is 0.920 bits per heavy atom. The van der Waals surface area contributed by atoms with Gasteiger partial charge < -0.3 is 9.73 Å². The number of benzene rings is 2. The lowest BCUT2D eigenvalue weighted by molar-refractivity contribution is -0.129. The second-order valence-electron chi connectivity index (χ2n) is 5.41. The molecule has 0 radical (unpaired) electrons. The maximum atomic E-state index is 12.1. The van der Waals surface area contributed by atoms with E-state index in [9.17, 15) is 9.59 Å². The van der Waals surface area contributed by atoms with Crippen LogP contribution in [0.1, 0.15) is 27.4 Å². The number of nitrogens with one attached hydrogen (secondary N) is 2. The van der Waals surface area contributed by atoms with Crippen LogP contribution in [0.2, 0.25) is 0 Å². The summed E-state index contributed by atoms with van der Waals surface area (Å²) in [6.45, 7) is 0. The van der Waals surface area contributed by atoms with Crippen molar-refractivity contribution < 1.29 is 19.2 Å². The SMILES string of the molecule is O=C(Nc1ccc(C(C(=O)NO)c2ccccc2)cc1)c1ccoc1. The summed E-state index contributed by atoms with van der Waals surface area (Å²) in [7, 11) is 0. The third kappa shape index (κ3) is 3.76. The van der Waals surface area contributed by atoms with E-state index in [1.165, 1.54) is 12.5 Å². The molecule has 6 heteroatoms. The molecule has 0 saturated heterocycles. The minimum Gasteiger partial charge on any atom is -0.472 e. The fourth-order valence-corrected chi connectivity index (χ4v) is 2.56. The summed E-state index contributed by atoms with van der Waals surface area (Å²) in [5.74, 6) is -1.46. The Hall–Kier alpha value is -3.38. The van der Waals surface area contributed by atoms with E-state index in [-0.39, 0.29) is 5.91 Å². The van der Waals surface area contributed by atoms with Crippen molar-refractivity contribution >= 4 is 17.5 Å². The van der Waals surface area contributed by atoms with Crippen molar-refractivity contribution in [2.45, 2.75) is 5.92 Å². The molecule has 0 aliphatic rings. The molecule has 126 valence electrons. The van der Waals surface area contributed by atoms with Gasteiger partial charge in [-0.1, -0.05) is 42.5 Å². The second kappa shape index (κ2) is 7.46. The number of anilines is 1. The highest BCUT2D eigenvalue weighted by Crippen LogP contribution is 2.26. The number of rotatable bonds is 5. The largest absolute Gasteiger partial charge is 0.472 e. The number of furan rings is 1. The predicted octanol–water partition coefficient (Wildman–Crippen LogP) is 3.17. The van der Waals surface area contributed by atoms with E-state index in [2.05, 4.69) is 5.32 Å². The molecule has 0 saturated carbocycles. The lowest BCUT2D eigenvalue weighted by Gasteiger charge is -2.16. The molecule has 3 aromatic rings. The van der Waals surface area contributed by atoms with E-state index in [4.69, 9.17) is 9.62 Å². The molecule has 1 atom stereocenters. The molecule has 3 N–H and O–H groups in total. The summed E-state index contributed by atoms with van der Waals surface area (Å²) >= 11 is 0. The third-order valence-electron chi connectivity index (χ3n) is 3.79. The minimum absolute atomic E-state index is 0.283. The number of carbonyl (C=O) groups excluding carboxylic acids is 2. The van der Waals surface area contributed by atoms with E-state index >= 15 is 0 Å². The first kappa shape index (κ1) is 16.5. The van der Waals surface area contributed by atoms with Crippen LogP contribution in [0.25, 0.3) is 0 Å². The first-order valence-corrected chi connectivity index (χ1v) is 7.61. The van der Waals surface area contributed by atoms with Crippen molar-refractivity contribution in [1.29, 1.82) is 0 Å². The average Bonchev–Trinajstić information content (AvgIpc) is 3.19. The van der Waals surface area contributed by atoms with Gasteiger partial charge in [0.2, 0.25) is 0 Å². The van der Waals surface area contributed by atoms with Crippen LogP contribution >= 0.6 is 0 Å². The molecular weight excluding hydrogens is 320 g/mol. The predicted molar refractivity (Wildman–Crippen MR) is 91.3 cm³/mol. The summed E-state index contributed by atoms with van der Waals surface area (Å²) < 4.78 is 4.88. The Morgan fingerprint density at radius 2 is 1.60 bits per heavy atom. The van der Waals surface area contributed by atoms with E-state index < -0.39 is 11.8 Å². The van der Waals surface area contributed by atoms with Crippen LogP contribution in [-0.2, 0) is 4.79 Å². The normalized spacial score (nSPS) is 11.6. The summed E-state index contributed by atoms with van der Waals surface area (Å²) in [4.78, 5) is 24.1. The van der Waals surface area contributed by atoms with Gasteiger partial charge in [-0.3, -0.25) is 14.8 Å². The van der Waals surface area contributed by atoms with E-state index in [0.29, 0.717) is 16.8 Å². The molecule has 1 heterocycles. The summed E-state index contributed by atoms with van der Waals surface area (Å²) in [6.07, 6.45) is 2.79. The third-order valence-corrected chi connectivity index (χ3v) is 3.79. The molecule has 0 spiro atoms. The zero-order valence-corrected chi connectivity index (χ0v) is 13.2. The van der Waals surface area contributed by atoms with Gasteiger partial charge in [0.05, 0.1) is 17.7 Å². The van der Waals surface area contributed by atoms with Crippen LogP contribution in [0.15, 0.2) is 77.6 Å². The zero-order valence-electron chi connectivity index (χ0n) is 13.2. The molecule has 6 nitrogen and oxygen atoms in total. The van der Waals surface area contributed by atoms with Gasteiger partial charge >= 0.3 is 0 Å². The highest BCUT2D eigenvalue weighted by Gasteiger charge is 2.22. The Kier molecular flexibility index (Phi) is 4.92. The van der Waals surface area contributed by atoms with Crippen LogP contribution in [0, 0.1) is 0 Å². The molecule has 1 aromatic heterocycles. The lowest BCUT2D eigenvalue weighted by atomic mass is 9.90. The van der Waals surface area contributed by atoms with Crippen LogP contribution in [0.3, 0.4) is 0 Å². The van der Waals surface area contributed by atoms with Gasteiger partial charge in [-0.15, -0.1) is 0 Å². The van der Waals surface area contributed by atoms with Gasteiger partial charge in [0, 0.05) is 5.69 Å². The number of carbonyl (C=O) groups is 2. The molecule has 3 rings (SSSR count).